The molecular formula is C10H14O. The van der Waals surface area contributed by atoms with E-state index in [4.69, 9.17) is 0 Å². The van der Waals surface area contributed by atoms with Crippen molar-refractivity contribution in [1.82, 2.24) is 0 Å². The molecule has 0 saturated heterocycles. The summed E-state index contributed by atoms with van der Waals surface area (Å²) in [5.41, 5.74) is 1.13. The Labute approximate surface area is 67.2 Å². The third kappa shape index (κ3) is 0.285. The zero-order valence-corrected chi connectivity index (χ0v) is 7.18. The number of aldehydes is 1. The van der Waals surface area contributed by atoms with Crippen LogP contribution >= 0.6 is 0 Å². The third-order valence-corrected chi connectivity index (χ3v) is 5.48. The molecular weight excluding hydrogens is 136 g/mol. The molecule has 0 aromatic carbocycles. The molecule has 0 spiro atoms. The van der Waals surface area contributed by atoms with Crippen LogP contribution in [-0.2, 0) is 4.79 Å². The van der Waals surface area contributed by atoms with Crippen LogP contribution in [0.5, 0.6) is 0 Å². The predicted octanol–water partition coefficient (Wildman–Crippen LogP) is 2.01. The lowest BCUT2D eigenvalue weighted by Crippen LogP contribution is -2.78. The minimum Gasteiger partial charge on any atom is -0.303 e. The Bertz CT molecular complexity index is 260. The maximum Gasteiger partial charge on any atom is 0.127 e. The predicted molar refractivity (Wildman–Crippen MR) is 42.1 cm³/mol. The Morgan fingerprint density at radius 1 is 1.45 bits per heavy atom. The van der Waals surface area contributed by atoms with Crippen molar-refractivity contribution in [1.29, 1.82) is 0 Å². The fourth-order valence-corrected chi connectivity index (χ4v) is 4.58. The van der Waals surface area contributed by atoms with Gasteiger partial charge in [-0.05, 0) is 36.0 Å². The zero-order chi connectivity index (χ0) is 7.91. The number of carbonyl (C=O) groups excluding carboxylic acids is 1. The van der Waals surface area contributed by atoms with Gasteiger partial charge in [0, 0.05) is 5.41 Å². The van der Waals surface area contributed by atoms with Crippen LogP contribution in [0.4, 0.5) is 0 Å². The first-order valence-electron chi connectivity index (χ1n) is 4.57. The summed E-state index contributed by atoms with van der Waals surface area (Å²) in [4.78, 5) is 11.0. The molecule has 0 N–H and O–H groups in total. The summed E-state index contributed by atoms with van der Waals surface area (Å²) in [6.45, 7) is 4.68. The summed E-state index contributed by atoms with van der Waals surface area (Å²) >= 11 is 0. The van der Waals surface area contributed by atoms with E-state index >= 15 is 0 Å². The van der Waals surface area contributed by atoms with Crippen LogP contribution in [0.3, 0.4) is 0 Å². The normalized spacial score (nSPS) is 70.2. The monoisotopic (exact) mass is 150 g/mol. The molecule has 60 valence electrons. The van der Waals surface area contributed by atoms with Crippen LogP contribution in [-0.4, -0.2) is 6.29 Å². The molecule has 11 heavy (non-hydrogen) atoms. The average molecular weight is 150 g/mol. The van der Waals surface area contributed by atoms with Crippen molar-refractivity contribution in [2.45, 2.75) is 33.1 Å². The van der Waals surface area contributed by atoms with Gasteiger partial charge in [-0.25, -0.2) is 0 Å². The van der Waals surface area contributed by atoms with Crippen LogP contribution in [0.1, 0.15) is 33.1 Å². The smallest absolute Gasteiger partial charge is 0.127 e. The van der Waals surface area contributed by atoms with Gasteiger partial charge in [0.15, 0.2) is 0 Å². The number of rotatable bonds is 1. The van der Waals surface area contributed by atoms with Gasteiger partial charge in [-0.15, -0.1) is 0 Å². The number of hydrogen-bond acceptors (Lipinski definition) is 1. The van der Waals surface area contributed by atoms with Crippen LogP contribution in [0.2, 0.25) is 0 Å². The second-order valence-corrected chi connectivity index (χ2v) is 5.18. The number of hydrogen-bond donors (Lipinski definition) is 0. The first kappa shape index (κ1) is 6.22. The Morgan fingerprint density at radius 3 is 2.45 bits per heavy atom. The summed E-state index contributed by atoms with van der Waals surface area (Å²) in [6.07, 6.45) is 5.05. The molecule has 0 unspecified atom stereocenters. The van der Waals surface area contributed by atoms with Crippen LogP contribution < -0.4 is 0 Å². The van der Waals surface area contributed by atoms with Gasteiger partial charge < -0.3 is 4.79 Å². The van der Waals surface area contributed by atoms with E-state index in [0.717, 1.165) is 5.92 Å². The summed E-state index contributed by atoms with van der Waals surface area (Å²) < 4.78 is 0. The lowest BCUT2D eigenvalue weighted by molar-refractivity contribution is -0.321. The highest BCUT2D eigenvalue weighted by Gasteiger charge is 2.88. The lowest BCUT2D eigenvalue weighted by Gasteiger charge is -2.80. The summed E-state index contributed by atoms with van der Waals surface area (Å²) in [7, 11) is 0. The highest BCUT2D eigenvalue weighted by Crippen LogP contribution is 2.92. The van der Waals surface area contributed by atoms with E-state index in [1.807, 2.05) is 0 Å². The molecule has 0 heterocycles. The van der Waals surface area contributed by atoms with Crippen molar-refractivity contribution in [2.75, 3.05) is 0 Å². The molecule has 4 bridgehead atoms. The fraction of sp³-hybridized carbons (Fsp3) is 0.900. The van der Waals surface area contributed by atoms with E-state index in [-0.39, 0.29) is 5.41 Å². The largest absolute Gasteiger partial charge is 0.303 e. The summed E-state index contributed by atoms with van der Waals surface area (Å²) in [6, 6.07) is 0. The molecule has 0 radical (unpaired) electrons. The number of carbonyl (C=O) groups is 1. The maximum atomic E-state index is 11.0. The van der Waals surface area contributed by atoms with E-state index in [1.54, 1.807) is 0 Å². The first-order valence-corrected chi connectivity index (χ1v) is 4.57. The molecule has 0 aliphatic heterocycles. The van der Waals surface area contributed by atoms with Gasteiger partial charge in [0.2, 0.25) is 0 Å². The van der Waals surface area contributed by atoms with Crippen molar-refractivity contribution in [2.24, 2.45) is 22.2 Å². The molecule has 5 aliphatic rings. The van der Waals surface area contributed by atoms with Gasteiger partial charge in [-0.1, -0.05) is 13.8 Å². The Hall–Kier alpha value is -0.330. The van der Waals surface area contributed by atoms with Crippen molar-refractivity contribution in [3.05, 3.63) is 0 Å². The molecule has 0 aromatic rings. The van der Waals surface area contributed by atoms with E-state index in [9.17, 15) is 4.79 Å². The van der Waals surface area contributed by atoms with E-state index in [2.05, 4.69) is 13.8 Å². The van der Waals surface area contributed by atoms with Crippen molar-refractivity contribution in [3.8, 4) is 0 Å². The minimum absolute atomic E-state index is 0.155. The SMILES string of the molecule is C[C@@]12CC[C@@H]3[C@]1(C=O)C[C@]32C. The van der Waals surface area contributed by atoms with E-state index < -0.39 is 0 Å². The van der Waals surface area contributed by atoms with Crippen molar-refractivity contribution < 1.29 is 4.79 Å². The Balaban J connectivity index is 2.14. The molecule has 5 saturated carbocycles. The van der Waals surface area contributed by atoms with Gasteiger partial charge in [-0.2, -0.15) is 0 Å². The molecule has 1 heteroatoms. The van der Waals surface area contributed by atoms with Gasteiger partial charge in [0.1, 0.15) is 6.29 Å². The average Bonchev–Trinajstić information content (AvgIpc) is 2.34. The molecule has 0 amide bonds. The van der Waals surface area contributed by atoms with Crippen LogP contribution in [0.25, 0.3) is 0 Å². The second-order valence-electron chi connectivity index (χ2n) is 5.18. The molecule has 5 fully saturated rings. The lowest BCUT2D eigenvalue weighted by atomic mass is 9.22. The molecule has 4 atom stereocenters. The number of fused-ring (bicyclic) bond motifs is 1. The summed E-state index contributed by atoms with van der Waals surface area (Å²) in [5.74, 6) is 0.762. The van der Waals surface area contributed by atoms with Gasteiger partial charge in [-0.3, -0.25) is 0 Å². The van der Waals surface area contributed by atoms with Crippen molar-refractivity contribution >= 4 is 6.29 Å². The van der Waals surface area contributed by atoms with E-state index in [0.29, 0.717) is 10.8 Å². The highest BCUT2D eigenvalue weighted by molar-refractivity contribution is 5.72. The van der Waals surface area contributed by atoms with Gasteiger partial charge in [0.25, 0.3) is 0 Å². The Kier molecular flexibility index (Phi) is 0.675. The van der Waals surface area contributed by atoms with E-state index in [1.165, 1.54) is 25.5 Å². The zero-order valence-electron chi connectivity index (χ0n) is 7.18. The molecule has 5 rings (SSSR count). The third-order valence-electron chi connectivity index (χ3n) is 5.48. The quantitative estimate of drug-likeness (QED) is 0.522. The topological polar surface area (TPSA) is 17.1 Å². The first-order chi connectivity index (χ1) is 5.11. The molecule has 5 aliphatic carbocycles. The van der Waals surface area contributed by atoms with Gasteiger partial charge >= 0.3 is 0 Å². The standard InChI is InChI=1S/C10H14O/c1-8-5-10(6-11)7(8)3-4-9(8,10)2/h6-7H,3-5H2,1-2H3/t7-,8+,9-,10+/m0/s1. The fourth-order valence-electron chi connectivity index (χ4n) is 4.58. The molecule has 0 aromatic heterocycles. The minimum atomic E-state index is 0.155. The Morgan fingerprint density at radius 2 is 2.18 bits per heavy atom. The van der Waals surface area contributed by atoms with Crippen LogP contribution in [0.15, 0.2) is 0 Å². The maximum absolute atomic E-state index is 11.0. The molecule has 1 nitrogen and oxygen atoms in total. The second kappa shape index (κ2) is 1.19. The summed E-state index contributed by atoms with van der Waals surface area (Å²) in [5, 5.41) is 0. The highest BCUT2D eigenvalue weighted by atomic mass is 16.1. The van der Waals surface area contributed by atoms with Crippen LogP contribution in [0, 0.1) is 22.2 Å². The van der Waals surface area contributed by atoms with Crippen molar-refractivity contribution in [3.63, 3.8) is 0 Å². The van der Waals surface area contributed by atoms with Gasteiger partial charge in [0.05, 0.1) is 0 Å².